The molecule has 2 rings (SSSR count). The Balaban J connectivity index is 2.03. The van der Waals surface area contributed by atoms with Crippen molar-refractivity contribution in [2.45, 2.75) is 22.2 Å². The molecule has 0 aliphatic carbocycles. The Labute approximate surface area is 143 Å². The lowest BCUT2D eigenvalue weighted by atomic mass is 10.3. The van der Waals surface area contributed by atoms with Crippen LogP contribution in [0.4, 0.5) is 17.3 Å². The maximum atomic E-state index is 12.2. The van der Waals surface area contributed by atoms with Gasteiger partial charge < -0.3 is 16.8 Å². The van der Waals surface area contributed by atoms with Crippen molar-refractivity contribution in [2.24, 2.45) is 5.14 Å². The van der Waals surface area contributed by atoms with Gasteiger partial charge in [-0.2, -0.15) is 0 Å². The fourth-order valence-electron chi connectivity index (χ4n) is 1.70. The first-order valence-electron chi connectivity index (χ1n) is 6.65. The van der Waals surface area contributed by atoms with Crippen molar-refractivity contribution in [3.63, 3.8) is 0 Å². The van der Waals surface area contributed by atoms with Crippen molar-refractivity contribution in [1.82, 2.24) is 9.97 Å². The third-order valence-electron chi connectivity index (χ3n) is 2.85. The summed E-state index contributed by atoms with van der Waals surface area (Å²) >= 11 is 1.10. The molecule has 24 heavy (non-hydrogen) atoms. The van der Waals surface area contributed by atoms with E-state index in [1.54, 1.807) is 6.92 Å². The number of thioether (sulfide) groups is 1. The van der Waals surface area contributed by atoms with Crippen molar-refractivity contribution in [3.05, 3.63) is 30.3 Å². The van der Waals surface area contributed by atoms with Gasteiger partial charge in [-0.05, 0) is 31.2 Å². The zero-order chi connectivity index (χ0) is 17.9. The Morgan fingerprint density at radius 1 is 1.17 bits per heavy atom. The van der Waals surface area contributed by atoms with Crippen LogP contribution in [0.1, 0.15) is 6.92 Å². The Morgan fingerprint density at radius 2 is 1.71 bits per heavy atom. The minimum atomic E-state index is -3.77. The number of hydrogen-bond acceptors (Lipinski definition) is 8. The molecule has 0 aliphatic heterocycles. The Kier molecular flexibility index (Phi) is 5.26. The van der Waals surface area contributed by atoms with E-state index in [1.165, 1.54) is 30.3 Å². The highest BCUT2D eigenvalue weighted by Crippen LogP contribution is 2.23. The highest BCUT2D eigenvalue weighted by Gasteiger charge is 2.17. The number of primary sulfonamides is 1. The van der Waals surface area contributed by atoms with Crippen molar-refractivity contribution < 1.29 is 13.2 Å². The second-order valence-electron chi connectivity index (χ2n) is 4.82. The molecule has 2 aromatic rings. The summed E-state index contributed by atoms with van der Waals surface area (Å²) in [6.45, 7) is 1.67. The zero-order valence-corrected chi connectivity index (χ0v) is 14.3. The maximum Gasteiger partial charge on any atom is 0.238 e. The minimum Gasteiger partial charge on any atom is -0.383 e. The van der Waals surface area contributed by atoms with Gasteiger partial charge in [-0.1, -0.05) is 11.8 Å². The maximum absolute atomic E-state index is 12.2. The van der Waals surface area contributed by atoms with Gasteiger partial charge in [0.2, 0.25) is 15.9 Å². The number of nitrogen functional groups attached to an aromatic ring is 2. The highest BCUT2D eigenvalue weighted by molar-refractivity contribution is 8.00. The lowest BCUT2D eigenvalue weighted by Gasteiger charge is -2.12. The third kappa shape index (κ3) is 4.81. The Hall–Kier alpha value is -2.37. The summed E-state index contributed by atoms with van der Waals surface area (Å²) in [5, 5.41) is 7.44. The van der Waals surface area contributed by atoms with Gasteiger partial charge >= 0.3 is 0 Å². The molecule has 1 amide bonds. The first kappa shape index (κ1) is 18.0. The predicted octanol–water partition coefficient (Wildman–Crippen LogP) is 0.408. The summed E-state index contributed by atoms with van der Waals surface area (Å²) in [6.07, 6.45) is 0. The molecule has 9 nitrogen and oxygen atoms in total. The van der Waals surface area contributed by atoms with Crippen molar-refractivity contribution in [2.75, 3.05) is 16.8 Å². The van der Waals surface area contributed by atoms with E-state index in [9.17, 15) is 13.2 Å². The average molecular weight is 368 g/mol. The molecule has 0 aliphatic rings. The molecular formula is C13H16N6O3S2. The largest absolute Gasteiger partial charge is 0.383 e. The lowest BCUT2D eigenvalue weighted by Crippen LogP contribution is -2.23. The van der Waals surface area contributed by atoms with Crippen LogP contribution >= 0.6 is 11.8 Å². The predicted molar refractivity (Wildman–Crippen MR) is 92.6 cm³/mol. The van der Waals surface area contributed by atoms with Crippen LogP contribution in [-0.2, 0) is 14.8 Å². The fourth-order valence-corrected chi connectivity index (χ4v) is 3.01. The standard InChI is InChI=1S/C13H16N6O3S2/c1-7(23-13-18-10(14)6-11(15)19-13)12(20)17-8-2-4-9(5-3-8)24(16,21)22/h2-7H,1H3,(H,17,20)(H2,16,21,22)(H4,14,15,18,19)/t7-/m0/s1. The number of benzene rings is 1. The summed E-state index contributed by atoms with van der Waals surface area (Å²) in [7, 11) is -3.77. The van der Waals surface area contributed by atoms with E-state index in [-0.39, 0.29) is 22.4 Å². The summed E-state index contributed by atoms with van der Waals surface area (Å²) in [6, 6.07) is 6.94. The molecule has 1 atom stereocenters. The SMILES string of the molecule is C[C@H](Sc1nc(N)cc(N)n1)C(=O)Nc1ccc(S(N)(=O)=O)cc1. The van der Waals surface area contributed by atoms with E-state index in [2.05, 4.69) is 15.3 Å². The number of rotatable bonds is 5. The van der Waals surface area contributed by atoms with Gasteiger partial charge in [0.25, 0.3) is 0 Å². The molecule has 1 heterocycles. The number of nitrogens with one attached hydrogen (secondary N) is 1. The number of anilines is 3. The lowest BCUT2D eigenvalue weighted by molar-refractivity contribution is -0.115. The van der Waals surface area contributed by atoms with E-state index >= 15 is 0 Å². The topological polar surface area (TPSA) is 167 Å². The van der Waals surface area contributed by atoms with Gasteiger partial charge in [0.1, 0.15) is 11.6 Å². The van der Waals surface area contributed by atoms with Gasteiger partial charge in [-0.25, -0.2) is 23.5 Å². The molecular weight excluding hydrogens is 352 g/mol. The van der Waals surface area contributed by atoms with E-state index in [0.717, 1.165) is 11.8 Å². The van der Waals surface area contributed by atoms with Gasteiger partial charge in [-0.3, -0.25) is 4.79 Å². The number of carbonyl (C=O) groups is 1. The number of sulfonamides is 1. The molecule has 7 N–H and O–H groups in total. The van der Waals surface area contributed by atoms with Crippen LogP contribution < -0.4 is 21.9 Å². The summed E-state index contributed by atoms with van der Waals surface area (Å²) in [5.41, 5.74) is 11.6. The van der Waals surface area contributed by atoms with E-state index in [0.29, 0.717) is 10.8 Å². The number of nitrogens with two attached hydrogens (primary N) is 3. The number of hydrogen-bond donors (Lipinski definition) is 4. The molecule has 11 heteroatoms. The van der Waals surface area contributed by atoms with Gasteiger partial charge in [0.15, 0.2) is 5.16 Å². The first-order valence-corrected chi connectivity index (χ1v) is 9.08. The Morgan fingerprint density at radius 3 is 2.21 bits per heavy atom. The van der Waals surface area contributed by atoms with Crippen LogP contribution in [0.2, 0.25) is 0 Å². The third-order valence-corrected chi connectivity index (χ3v) is 4.74. The number of aromatic nitrogens is 2. The second-order valence-corrected chi connectivity index (χ2v) is 7.69. The van der Waals surface area contributed by atoms with Crippen molar-refractivity contribution in [1.29, 1.82) is 0 Å². The van der Waals surface area contributed by atoms with Gasteiger partial charge in [0, 0.05) is 11.8 Å². The molecule has 0 spiro atoms. The van der Waals surface area contributed by atoms with E-state index in [4.69, 9.17) is 16.6 Å². The molecule has 0 unspecified atom stereocenters. The van der Waals surface area contributed by atoms with E-state index in [1.807, 2.05) is 0 Å². The van der Waals surface area contributed by atoms with Gasteiger partial charge in [-0.15, -0.1) is 0 Å². The number of carbonyl (C=O) groups excluding carboxylic acids is 1. The highest BCUT2D eigenvalue weighted by atomic mass is 32.2. The van der Waals surface area contributed by atoms with E-state index < -0.39 is 15.3 Å². The molecule has 0 fully saturated rings. The summed E-state index contributed by atoms with van der Waals surface area (Å²) in [5.74, 6) is 0.125. The van der Waals surface area contributed by atoms with Crippen LogP contribution in [0.25, 0.3) is 0 Å². The molecule has 1 aromatic carbocycles. The molecule has 0 saturated carbocycles. The Bertz CT molecular complexity index is 834. The fraction of sp³-hybridized carbons (Fsp3) is 0.154. The quantitative estimate of drug-likeness (QED) is 0.434. The summed E-state index contributed by atoms with van der Waals surface area (Å²) < 4.78 is 22.4. The van der Waals surface area contributed by atoms with Crippen LogP contribution in [0.5, 0.6) is 0 Å². The van der Waals surface area contributed by atoms with Gasteiger partial charge in [0.05, 0.1) is 10.1 Å². The van der Waals surface area contributed by atoms with Crippen molar-refractivity contribution >= 4 is 45.0 Å². The summed E-state index contributed by atoms with van der Waals surface area (Å²) in [4.78, 5) is 20.1. The normalized spacial score (nSPS) is 12.6. The molecule has 0 saturated heterocycles. The zero-order valence-electron chi connectivity index (χ0n) is 12.6. The van der Waals surface area contributed by atoms with Crippen LogP contribution in [-0.4, -0.2) is 29.5 Å². The average Bonchev–Trinajstić information content (AvgIpc) is 2.45. The molecule has 1 aromatic heterocycles. The van der Waals surface area contributed by atoms with Crippen LogP contribution in [0, 0.1) is 0 Å². The molecule has 0 radical (unpaired) electrons. The minimum absolute atomic E-state index is 0.0356. The smallest absolute Gasteiger partial charge is 0.238 e. The second kappa shape index (κ2) is 7.03. The first-order chi connectivity index (χ1) is 11.1. The number of nitrogens with zero attached hydrogens (tertiary/aromatic N) is 2. The number of amides is 1. The van der Waals surface area contributed by atoms with Crippen LogP contribution in [0.3, 0.4) is 0 Å². The molecule has 128 valence electrons. The van der Waals surface area contributed by atoms with Crippen molar-refractivity contribution in [3.8, 4) is 0 Å². The molecule has 0 bridgehead atoms. The monoisotopic (exact) mass is 368 g/mol. The van der Waals surface area contributed by atoms with Crippen LogP contribution in [0.15, 0.2) is 40.4 Å².